The topological polar surface area (TPSA) is 36.1 Å². The van der Waals surface area contributed by atoms with E-state index in [0.29, 0.717) is 12.2 Å². The first-order chi connectivity index (χ1) is 6.34. The molecule has 0 spiro atoms. The molecule has 0 saturated carbocycles. The maximum Gasteiger partial charge on any atom is 0.0609 e. The predicted molar refractivity (Wildman–Crippen MR) is 52.4 cm³/mol. The lowest BCUT2D eigenvalue weighted by molar-refractivity contribution is 0.284. The highest BCUT2D eigenvalue weighted by molar-refractivity contribution is 5.03. The van der Waals surface area contributed by atoms with Crippen LogP contribution < -0.4 is 16.0 Å². The average molecular weight is 181 g/mol. The summed E-state index contributed by atoms with van der Waals surface area (Å²) >= 11 is 0. The number of piperidine rings is 1. The molecular formula is C10H19N3. The fraction of sp³-hybridized carbons (Fsp3) is 1.00. The molecule has 0 aliphatic carbocycles. The summed E-state index contributed by atoms with van der Waals surface area (Å²) in [5, 5.41) is 10.9. The quantitative estimate of drug-likeness (QED) is 0.488. The Balaban J connectivity index is 1.76. The fourth-order valence-corrected chi connectivity index (χ4v) is 3.41. The Morgan fingerprint density at radius 2 is 2.08 bits per heavy atom. The van der Waals surface area contributed by atoms with E-state index in [4.69, 9.17) is 0 Å². The van der Waals surface area contributed by atoms with Crippen LogP contribution in [-0.2, 0) is 0 Å². The first-order valence-electron chi connectivity index (χ1n) is 5.57. The van der Waals surface area contributed by atoms with Crippen molar-refractivity contribution in [2.45, 2.75) is 38.0 Å². The fourth-order valence-electron chi connectivity index (χ4n) is 3.41. The minimum Gasteiger partial charge on any atom is -0.316 e. The molecule has 3 aliphatic rings. The number of fused-ring (bicyclic) bond motifs is 3. The molecule has 0 aromatic heterocycles. The Bertz CT molecular complexity index is 206. The van der Waals surface area contributed by atoms with Gasteiger partial charge in [-0.05, 0) is 44.7 Å². The third-order valence-electron chi connectivity index (χ3n) is 3.99. The molecule has 0 amide bonds. The second kappa shape index (κ2) is 2.94. The van der Waals surface area contributed by atoms with Gasteiger partial charge in [0.25, 0.3) is 0 Å². The Kier molecular flexibility index (Phi) is 1.86. The highest BCUT2D eigenvalue weighted by Crippen LogP contribution is 2.36. The zero-order valence-electron chi connectivity index (χ0n) is 8.22. The second-order valence-corrected chi connectivity index (χ2v) is 4.87. The van der Waals surface area contributed by atoms with Crippen LogP contribution in [0.3, 0.4) is 0 Å². The normalized spacial score (nSPS) is 54.7. The minimum atomic E-state index is 0.616. The average Bonchev–Trinajstić information content (AvgIpc) is 2.60. The highest BCUT2D eigenvalue weighted by atomic mass is 15.2. The molecule has 0 aromatic carbocycles. The summed E-state index contributed by atoms with van der Waals surface area (Å²) in [7, 11) is 0. The van der Waals surface area contributed by atoms with Gasteiger partial charge in [0.15, 0.2) is 0 Å². The summed E-state index contributed by atoms with van der Waals surface area (Å²) in [6.07, 6.45) is 3.29. The third kappa shape index (κ3) is 1.22. The van der Waals surface area contributed by atoms with Crippen LogP contribution in [-0.4, -0.2) is 31.3 Å². The molecule has 5 atom stereocenters. The van der Waals surface area contributed by atoms with Crippen LogP contribution >= 0.6 is 0 Å². The Labute approximate surface area is 79.7 Å². The van der Waals surface area contributed by atoms with Gasteiger partial charge in [-0.1, -0.05) is 0 Å². The van der Waals surface area contributed by atoms with Crippen molar-refractivity contribution in [3.05, 3.63) is 0 Å². The summed E-state index contributed by atoms with van der Waals surface area (Å²) in [6, 6.07) is 1.50. The molecule has 3 rings (SSSR count). The number of rotatable bonds is 0. The van der Waals surface area contributed by atoms with Gasteiger partial charge in [0, 0.05) is 12.1 Å². The summed E-state index contributed by atoms with van der Waals surface area (Å²) in [5.41, 5.74) is 0. The molecule has 3 N–H and O–H groups in total. The van der Waals surface area contributed by atoms with Crippen molar-refractivity contribution in [1.82, 2.24) is 16.0 Å². The smallest absolute Gasteiger partial charge is 0.0609 e. The monoisotopic (exact) mass is 181 g/mol. The van der Waals surface area contributed by atoms with Crippen LogP contribution in [0.25, 0.3) is 0 Å². The molecule has 3 heterocycles. The molecule has 3 nitrogen and oxygen atoms in total. The number of hydrogen-bond acceptors (Lipinski definition) is 3. The van der Waals surface area contributed by atoms with Crippen molar-refractivity contribution in [2.75, 3.05) is 13.1 Å². The van der Waals surface area contributed by atoms with Gasteiger partial charge in [-0.15, -0.1) is 0 Å². The largest absolute Gasteiger partial charge is 0.316 e. The van der Waals surface area contributed by atoms with E-state index in [2.05, 4.69) is 22.9 Å². The Hall–Kier alpha value is -0.120. The molecule has 0 radical (unpaired) electrons. The van der Waals surface area contributed by atoms with Crippen LogP contribution in [0.15, 0.2) is 0 Å². The van der Waals surface area contributed by atoms with Gasteiger partial charge < -0.3 is 5.32 Å². The van der Waals surface area contributed by atoms with Crippen LogP contribution in [0.5, 0.6) is 0 Å². The SMILES string of the molecule is CC1CC2C(N1)NC1CCNCC12. The van der Waals surface area contributed by atoms with Crippen LogP contribution in [0.1, 0.15) is 19.8 Å². The lowest BCUT2D eigenvalue weighted by Gasteiger charge is -2.28. The molecule has 74 valence electrons. The summed E-state index contributed by atoms with van der Waals surface area (Å²) in [5.74, 6) is 1.77. The third-order valence-corrected chi connectivity index (χ3v) is 3.99. The van der Waals surface area contributed by atoms with Gasteiger partial charge in [-0.3, -0.25) is 10.6 Å². The first-order valence-corrected chi connectivity index (χ1v) is 5.57. The zero-order valence-corrected chi connectivity index (χ0v) is 8.22. The number of nitrogens with one attached hydrogen (secondary N) is 3. The summed E-state index contributed by atoms with van der Waals surface area (Å²) < 4.78 is 0. The van der Waals surface area contributed by atoms with E-state index in [1.54, 1.807) is 0 Å². The second-order valence-electron chi connectivity index (χ2n) is 4.87. The van der Waals surface area contributed by atoms with Gasteiger partial charge in [0.2, 0.25) is 0 Å². The maximum absolute atomic E-state index is 3.73. The zero-order chi connectivity index (χ0) is 8.84. The van der Waals surface area contributed by atoms with E-state index >= 15 is 0 Å². The van der Waals surface area contributed by atoms with E-state index in [1.807, 2.05) is 0 Å². The van der Waals surface area contributed by atoms with E-state index in [1.165, 1.54) is 25.9 Å². The molecule has 5 unspecified atom stereocenters. The molecule has 3 saturated heterocycles. The van der Waals surface area contributed by atoms with Gasteiger partial charge in [-0.25, -0.2) is 0 Å². The molecule has 0 bridgehead atoms. The summed E-state index contributed by atoms with van der Waals surface area (Å²) in [4.78, 5) is 0. The van der Waals surface area contributed by atoms with Crippen molar-refractivity contribution < 1.29 is 0 Å². The maximum atomic E-state index is 3.73. The van der Waals surface area contributed by atoms with Crippen LogP contribution in [0, 0.1) is 11.8 Å². The summed E-state index contributed by atoms with van der Waals surface area (Å²) in [6.45, 7) is 4.72. The molecule has 3 fully saturated rings. The Morgan fingerprint density at radius 1 is 1.15 bits per heavy atom. The van der Waals surface area contributed by atoms with Crippen molar-refractivity contribution >= 4 is 0 Å². The molecular weight excluding hydrogens is 162 g/mol. The first kappa shape index (κ1) is 8.21. The van der Waals surface area contributed by atoms with Crippen molar-refractivity contribution in [3.63, 3.8) is 0 Å². The van der Waals surface area contributed by atoms with E-state index in [-0.39, 0.29) is 0 Å². The molecule has 13 heavy (non-hydrogen) atoms. The molecule has 0 aromatic rings. The van der Waals surface area contributed by atoms with Crippen molar-refractivity contribution in [3.8, 4) is 0 Å². The van der Waals surface area contributed by atoms with Gasteiger partial charge in [0.1, 0.15) is 0 Å². The lowest BCUT2D eigenvalue weighted by atomic mass is 9.84. The van der Waals surface area contributed by atoms with E-state index < -0.39 is 0 Å². The van der Waals surface area contributed by atoms with Gasteiger partial charge in [0.05, 0.1) is 6.17 Å². The lowest BCUT2D eigenvalue weighted by Crippen LogP contribution is -2.45. The van der Waals surface area contributed by atoms with Gasteiger partial charge in [-0.2, -0.15) is 0 Å². The Morgan fingerprint density at radius 3 is 3.00 bits per heavy atom. The standard InChI is InChI=1S/C10H19N3/c1-6-4-7-8-5-11-3-2-9(8)13-10(7)12-6/h6-13H,2-5H2,1H3. The highest BCUT2D eigenvalue weighted by Gasteiger charge is 2.47. The molecule has 3 aliphatic heterocycles. The van der Waals surface area contributed by atoms with E-state index in [0.717, 1.165) is 17.9 Å². The van der Waals surface area contributed by atoms with Crippen molar-refractivity contribution in [2.24, 2.45) is 11.8 Å². The minimum absolute atomic E-state index is 0.616. The van der Waals surface area contributed by atoms with E-state index in [9.17, 15) is 0 Å². The van der Waals surface area contributed by atoms with Crippen LogP contribution in [0.2, 0.25) is 0 Å². The van der Waals surface area contributed by atoms with Crippen molar-refractivity contribution in [1.29, 1.82) is 0 Å². The number of hydrogen-bond donors (Lipinski definition) is 3. The predicted octanol–water partition coefficient (Wildman–Crippen LogP) is -0.108. The molecule has 3 heteroatoms. The van der Waals surface area contributed by atoms with Gasteiger partial charge >= 0.3 is 0 Å². The van der Waals surface area contributed by atoms with Crippen LogP contribution in [0.4, 0.5) is 0 Å².